The summed E-state index contributed by atoms with van der Waals surface area (Å²) in [6.07, 6.45) is -2.91. The molecule has 0 aromatic heterocycles. The first kappa shape index (κ1) is 37.7. The molecule has 0 saturated carbocycles. The van der Waals surface area contributed by atoms with Crippen LogP contribution >= 0.6 is 17.1 Å². The molecule has 1 aliphatic heterocycles. The van der Waals surface area contributed by atoms with E-state index in [9.17, 15) is 4.79 Å². The predicted molar refractivity (Wildman–Crippen MR) is 189 cm³/mol. The molecule has 5 atom stereocenters. The Morgan fingerprint density at radius 2 is 1.21 bits per heavy atom. The summed E-state index contributed by atoms with van der Waals surface area (Å²) in [6, 6.07) is 29.7. The number of esters is 1. The van der Waals surface area contributed by atoms with Gasteiger partial charge in [-0.15, -0.1) is 0 Å². The molecular formula is C36H47O8PS2. The number of rotatable bonds is 17. The van der Waals surface area contributed by atoms with Gasteiger partial charge in [0.25, 0.3) is 0 Å². The smallest absolute Gasteiger partial charge is 0.311 e. The third-order valence-corrected chi connectivity index (χ3v) is 12.6. The Morgan fingerprint density at radius 3 is 1.68 bits per heavy atom. The number of hydrogen-bond donors (Lipinski definition) is 0. The molecule has 3 aromatic rings. The van der Waals surface area contributed by atoms with E-state index in [4.69, 9.17) is 44.5 Å². The second kappa shape index (κ2) is 18.6. The highest BCUT2D eigenvalue weighted by molar-refractivity contribution is 8.68. The molecule has 256 valence electrons. The van der Waals surface area contributed by atoms with Crippen molar-refractivity contribution >= 4 is 34.9 Å². The highest BCUT2D eigenvalue weighted by Gasteiger charge is 2.52. The molecule has 3 aromatic carbocycles. The third kappa shape index (κ3) is 11.8. The lowest BCUT2D eigenvalue weighted by atomic mass is 9.95. The molecule has 0 spiro atoms. The van der Waals surface area contributed by atoms with Crippen LogP contribution in [0.25, 0.3) is 0 Å². The molecule has 0 aliphatic carbocycles. The number of hydrogen-bond acceptors (Lipinski definition) is 10. The molecule has 47 heavy (non-hydrogen) atoms. The molecule has 1 aliphatic rings. The average Bonchev–Trinajstić information content (AvgIpc) is 3.05. The largest absolute Gasteiger partial charge is 0.455 e. The quantitative estimate of drug-likeness (QED) is 0.102. The van der Waals surface area contributed by atoms with Gasteiger partial charge in [0.15, 0.2) is 11.5 Å². The summed E-state index contributed by atoms with van der Waals surface area (Å²) in [6.45, 7) is 11.1. The molecule has 4 rings (SSSR count). The third-order valence-electron chi connectivity index (χ3n) is 7.22. The average molecular weight is 703 g/mol. The minimum absolute atomic E-state index is 0.197. The lowest BCUT2D eigenvalue weighted by molar-refractivity contribution is -0.251. The molecule has 0 amide bonds. The summed E-state index contributed by atoms with van der Waals surface area (Å²) < 4.78 is 44.7. The van der Waals surface area contributed by atoms with Gasteiger partial charge in [-0.25, -0.2) is 0 Å². The van der Waals surface area contributed by atoms with Crippen molar-refractivity contribution in [3.63, 3.8) is 0 Å². The highest BCUT2D eigenvalue weighted by Crippen LogP contribution is 2.64. The van der Waals surface area contributed by atoms with Crippen molar-refractivity contribution in [3.8, 4) is 0 Å². The molecule has 0 bridgehead atoms. The summed E-state index contributed by atoms with van der Waals surface area (Å²) in [5.41, 5.74) is -1.47. The fourth-order valence-corrected chi connectivity index (χ4v) is 10.1. The second-order valence-corrected chi connectivity index (χ2v) is 18.4. The minimum atomic E-state index is -2.90. The maximum absolute atomic E-state index is 13.5. The SMILES string of the molecule is CCOP(=S)(OCC)S[C@@H]1O[C@H](COCc2ccccc2)[C@@H](OCc2ccccc2)[C@H](OCc2ccccc2)[C@H]1OC(=O)C(C)(C)C. The first-order valence-electron chi connectivity index (χ1n) is 16.0. The van der Waals surface area contributed by atoms with Gasteiger partial charge in [0.2, 0.25) is 5.69 Å². The zero-order valence-electron chi connectivity index (χ0n) is 27.8. The van der Waals surface area contributed by atoms with E-state index in [1.54, 1.807) is 0 Å². The van der Waals surface area contributed by atoms with Crippen molar-refractivity contribution in [2.75, 3.05) is 19.8 Å². The zero-order chi connectivity index (χ0) is 33.7. The van der Waals surface area contributed by atoms with E-state index < -0.39 is 46.9 Å². The molecule has 0 N–H and O–H groups in total. The van der Waals surface area contributed by atoms with Crippen molar-refractivity contribution < 1.29 is 37.5 Å². The molecule has 1 saturated heterocycles. The number of carbonyl (C=O) groups is 1. The van der Waals surface area contributed by atoms with E-state index in [0.717, 1.165) is 16.7 Å². The van der Waals surface area contributed by atoms with Gasteiger partial charge in [-0.1, -0.05) is 91.0 Å². The van der Waals surface area contributed by atoms with E-state index in [1.165, 1.54) is 11.4 Å². The van der Waals surface area contributed by atoms with Crippen LogP contribution < -0.4 is 0 Å². The van der Waals surface area contributed by atoms with Crippen LogP contribution in [-0.2, 0) is 69.2 Å². The molecule has 0 unspecified atom stereocenters. The Labute approximate surface area is 288 Å². The molecule has 8 nitrogen and oxygen atoms in total. The van der Waals surface area contributed by atoms with Crippen molar-refractivity contribution in [2.24, 2.45) is 5.41 Å². The van der Waals surface area contributed by atoms with Gasteiger partial charge >= 0.3 is 5.97 Å². The Bertz CT molecular complexity index is 1380. The fraction of sp³-hybridized carbons (Fsp3) is 0.472. The normalized spacial score (nSPS) is 21.8. The molecule has 0 radical (unpaired) electrons. The summed E-state index contributed by atoms with van der Waals surface area (Å²) >= 11 is 7.19. The van der Waals surface area contributed by atoms with Gasteiger partial charge in [0.1, 0.15) is 18.3 Å². The molecule has 1 heterocycles. The van der Waals surface area contributed by atoms with Gasteiger partial charge in [0.05, 0.1) is 45.1 Å². The number of carbonyl (C=O) groups excluding carboxylic acids is 1. The summed E-state index contributed by atoms with van der Waals surface area (Å²) in [4.78, 5) is 13.5. The minimum Gasteiger partial charge on any atom is -0.455 e. The van der Waals surface area contributed by atoms with Gasteiger partial charge in [0, 0.05) is 0 Å². The van der Waals surface area contributed by atoms with Crippen LogP contribution in [0.1, 0.15) is 51.3 Å². The Balaban J connectivity index is 1.72. The summed E-state index contributed by atoms with van der Waals surface area (Å²) in [5.74, 6) is -0.397. The first-order valence-corrected chi connectivity index (χ1v) is 20.1. The van der Waals surface area contributed by atoms with Crippen LogP contribution in [0.2, 0.25) is 0 Å². The Morgan fingerprint density at radius 1 is 0.745 bits per heavy atom. The van der Waals surface area contributed by atoms with Crippen LogP contribution in [0.3, 0.4) is 0 Å². The van der Waals surface area contributed by atoms with Crippen LogP contribution in [0.15, 0.2) is 91.0 Å². The second-order valence-electron chi connectivity index (χ2n) is 12.1. The van der Waals surface area contributed by atoms with Crippen molar-refractivity contribution in [3.05, 3.63) is 108 Å². The van der Waals surface area contributed by atoms with Crippen LogP contribution in [0, 0.1) is 5.41 Å². The van der Waals surface area contributed by atoms with Gasteiger partial charge in [-0.2, -0.15) is 0 Å². The highest BCUT2D eigenvalue weighted by atomic mass is 32.9. The summed E-state index contributed by atoms with van der Waals surface area (Å²) in [5, 5.41) is 0. The fourth-order valence-electron chi connectivity index (χ4n) is 4.86. The Hall–Kier alpha value is -2.11. The van der Waals surface area contributed by atoms with Crippen LogP contribution in [-0.4, -0.2) is 55.6 Å². The molecule has 11 heteroatoms. The predicted octanol–water partition coefficient (Wildman–Crippen LogP) is 8.09. The standard InChI is InChI=1S/C36H47O8PS2/c1-6-41-45(46,42-7-2)47-34-33(44-35(37)36(3,4)5)32(40-25-29-21-15-10-16-22-29)31(39-24-28-19-13-9-14-20-28)30(43-34)26-38-23-27-17-11-8-12-18-27/h8-22,30-34H,6-7,23-26H2,1-5H3/t30-,31-,32+,33-,34+/m1/s1. The first-order chi connectivity index (χ1) is 22.6. The molecule has 1 fully saturated rings. The van der Waals surface area contributed by atoms with E-state index in [1.807, 2.05) is 126 Å². The van der Waals surface area contributed by atoms with Crippen molar-refractivity contribution in [1.82, 2.24) is 0 Å². The van der Waals surface area contributed by atoms with E-state index in [2.05, 4.69) is 0 Å². The van der Waals surface area contributed by atoms with Gasteiger partial charge in [-0.3, -0.25) is 4.79 Å². The van der Waals surface area contributed by atoms with E-state index in [0.29, 0.717) is 26.4 Å². The Kier molecular flexibility index (Phi) is 14.9. The topological polar surface area (TPSA) is 81.7 Å². The van der Waals surface area contributed by atoms with Crippen LogP contribution in [0.5, 0.6) is 0 Å². The number of benzene rings is 3. The molecular weight excluding hydrogens is 655 g/mol. The monoisotopic (exact) mass is 702 g/mol. The lowest BCUT2D eigenvalue weighted by Crippen LogP contribution is -2.61. The van der Waals surface area contributed by atoms with E-state index in [-0.39, 0.29) is 13.2 Å². The maximum atomic E-state index is 13.5. The van der Waals surface area contributed by atoms with E-state index >= 15 is 0 Å². The van der Waals surface area contributed by atoms with Gasteiger partial charge in [-0.05, 0) is 74.5 Å². The van der Waals surface area contributed by atoms with Crippen LogP contribution in [0.4, 0.5) is 0 Å². The van der Waals surface area contributed by atoms with Crippen molar-refractivity contribution in [2.45, 2.75) is 84.3 Å². The lowest BCUT2D eigenvalue weighted by Gasteiger charge is -2.46. The number of ether oxygens (including phenoxy) is 5. The van der Waals surface area contributed by atoms with Gasteiger partial charge < -0.3 is 32.7 Å². The summed E-state index contributed by atoms with van der Waals surface area (Å²) in [7, 11) is 0. The zero-order valence-corrected chi connectivity index (χ0v) is 30.3. The maximum Gasteiger partial charge on any atom is 0.311 e. The van der Waals surface area contributed by atoms with Crippen molar-refractivity contribution in [1.29, 1.82) is 0 Å².